The molecule has 0 aliphatic heterocycles. The third kappa shape index (κ3) is 10.8. The molecular weight excluding hydrogens is 1220 g/mol. The molecule has 0 unspecified atom stereocenters. The zero-order valence-electron chi connectivity index (χ0n) is 54.4. The Morgan fingerprint density at radius 2 is 0.430 bits per heavy atom. The molecule has 0 aliphatic rings. The van der Waals surface area contributed by atoms with E-state index < -0.39 is 0 Å². The van der Waals surface area contributed by atoms with Crippen molar-refractivity contribution in [3.05, 3.63) is 387 Å². The molecular formula is C92H62N8. The number of para-hydroxylation sites is 8. The van der Waals surface area contributed by atoms with Crippen molar-refractivity contribution < 1.29 is 0 Å². The summed E-state index contributed by atoms with van der Waals surface area (Å²) in [6.45, 7) is 0. The fourth-order valence-electron chi connectivity index (χ4n) is 14.5. The lowest BCUT2D eigenvalue weighted by atomic mass is 9.91. The largest absolute Gasteiger partial charge is 0.310 e. The van der Waals surface area contributed by atoms with Gasteiger partial charge < -0.3 is 28.7 Å². The predicted molar refractivity (Wildman–Crippen MR) is 414 cm³/mol. The summed E-state index contributed by atoms with van der Waals surface area (Å²) in [5.41, 5.74) is 21.7. The summed E-state index contributed by atoms with van der Waals surface area (Å²) in [5.74, 6) is 0. The molecule has 0 fully saturated rings. The topological polar surface area (TPSA) is 70.4 Å². The molecule has 0 saturated carbocycles. The Kier molecular flexibility index (Phi) is 15.6. The first-order valence-electron chi connectivity index (χ1n) is 33.5. The van der Waals surface area contributed by atoms with Gasteiger partial charge in [0.15, 0.2) is 0 Å². The van der Waals surface area contributed by atoms with Gasteiger partial charge in [-0.1, -0.05) is 182 Å². The van der Waals surface area contributed by atoms with Gasteiger partial charge in [-0.25, -0.2) is 0 Å². The van der Waals surface area contributed by atoms with E-state index in [2.05, 4.69) is 375 Å². The van der Waals surface area contributed by atoms with Gasteiger partial charge in [-0.05, 0) is 205 Å². The number of hydrogen-bond donors (Lipinski definition) is 0. The third-order valence-electron chi connectivity index (χ3n) is 18.9. The van der Waals surface area contributed by atoms with Crippen LogP contribution in [0.15, 0.2) is 376 Å². The van der Waals surface area contributed by atoms with Crippen LogP contribution >= 0.6 is 0 Å². The van der Waals surface area contributed by atoms with Crippen LogP contribution in [0, 0.1) is 22.7 Å². The minimum absolute atomic E-state index is 0.510. The molecule has 8 nitrogen and oxygen atoms in total. The maximum absolute atomic E-state index is 11.6. The van der Waals surface area contributed by atoms with Crippen molar-refractivity contribution >= 4 is 112 Å². The minimum atomic E-state index is 0.510. The smallest absolute Gasteiger partial charge is 0.0998 e. The van der Waals surface area contributed by atoms with E-state index in [-0.39, 0.29) is 0 Å². The fraction of sp³-hybridized carbons (Fsp3) is 0. The third-order valence-corrected chi connectivity index (χ3v) is 18.9. The van der Waals surface area contributed by atoms with Crippen molar-refractivity contribution in [1.29, 1.82) is 10.5 Å². The van der Waals surface area contributed by atoms with E-state index in [0.29, 0.717) is 11.1 Å². The molecule has 100 heavy (non-hydrogen) atoms. The first-order chi connectivity index (χ1) is 49.6. The van der Waals surface area contributed by atoms with E-state index in [1.807, 2.05) is 42.5 Å². The van der Waals surface area contributed by atoms with Gasteiger partial charge in [0.2, 0.25) is 0 Å². The molecule has 470 valence electrons. The lowest BCUT2D eigenvalue weighted by Gasteiger charge is -2.26. The number of anilines is 12. The number of hydrogen-bond acceptors (Lipinski definition) is 6. The van der Waals surface area contributed by atoms with Gasteiger partial charge in [0.05, 0.1) is 56.7 Å². The summed E-state index contributed by atoms with van der Waals surface area (Å²) in [7, 11) is 0. The van der Waals surface area contributed by atoms with Crippen LogP contribution in [-0.4, -0.2) is 9.13 Å². The maximum Gasteiger partial charge on any atom is 0.0998 e. The van der Waals surface area contributed by atoms with Crippen LogP contribution in [0.25, 0.3) is 77.2 Å². The normalized spacial score (nSPS) is 11.2. The first-order valence-corrected chi connectivity index (χ1v) is 33.5. The van der Waals surface area contributed by atoms with Gasteiger partial charge in [0.1, 0.15) is 0 Å². The van der Waals surface area contributed by atoms with Crippen molar-refractivity contribution in [1.82, 2.24) is 9.13 Å². The molecule has 0 amide bonds. The highest BCUT2D eigenvalue weighted by molar-refractivity contribution is 6.15. The second kappa shape index (κ2) is 26.0. The van der Waals surface area contributed by atoms with E-state index in [9.17, 15) is 10.5 Å². The number of benzene rings is 15. The standard InChI is InChI=1S/C92H62N8/c93-63-65-29-25-27-47-80(65)67-57-90(99-86-53-49-76(95(68-31-9-1-10-32-68)69-33-11-2-12-34-69)59-82(86)83-60-77(50-54-87(83)99)96(70-35-13-3-14-36-70)71-37-15-4-16-38-71)92(81-48-28-26-30-66(81)64-94)91(58-67)100-88-55-51-78(97(72-39-17-5-18-40-72)73-41-19-6-20-42-73)61-84(88)85-62-79(52-56-89(85)100)98(74-43-21-7-22-44-74)75-45-23-8-24-46-75/h1-62H. The Morgan fingerprint density at radius 1 is 0.210 bits per heavy atom. The molecule has 0 saturated heterocycles. The van der Waals surface area contributed by atoms with E-state index in [4.69, 9.17) is 0 Å². The Bertz CT molecular complexity index is 5180. The van der Waals surface area contributed by atoms with Crippen molar-refractivity contribution in [2.24, 2.45) is 0 Å². The SMILES string of the molecule is N#Cc1ccccc1-c1cc(-n2c3ccc(N(c4ccccc4)c4ccccc4)cc3c3cc(N(c4ccccc4)c4ccccc4)ccc32)c(-c2ccccc2C#N)c(-n2c3ccc(N(c4ccccc4)c4ccccc4)cc3c3cc(N(c4ccccc4)c4ccccc4)ccc32)c1. The second-order valence-corrected chi connectivity index (χ2v) is 24.7. The molecule has 17 aromatic rings. The van der Waals surface area contributed by atoms with Crippen LogP contribution in [0.5, 0.6) is 0 Å². The lowest BCUT2D eigenvalue weighted by molar-refractivity contribution is 1.13. The number of nitriles is 2. The number of fused-ring (bicyclic) bond motifs is 6. The molecule has 2 aromatic heterocycles. The molecule has 0 spiro atoms. The summed E-state index contributed by atoms with van der Waals surface area (Å²) in [6.07, 6.45) is 0. The highest BCUT2D eigenvalue weighted by Gasteiger charge is 2.29. The van der Waals surface area contributed by atoms with Gasteiger partial charge in [0, 0.05) is 101 Å². The van der Waals surface area contributed by atoms with Crippen LogP contribution in [0.4, 0.5) is 68.2 Å². The van der Waals surface area contributed by atoms with Crippen LogP contribution in [0.3, 0.4) is 0 Å². The van der Waals surface area contributed by atoms with Crippen molar-refractivity contribution in [2.75, 3.05) is 19.6 Å². The van der Waals surface area contributed by atoms with Gasteiger partial charge in [-0.2, -0.15) is 10.5 Å². The van der Waals surface area contributed by atoms with Gasteiger partial charge >= 0.3 is 0 Å². The Labute approximate surface area is 580 Å². The van der Waals surface area contributed by atoms with E-state index in [1.165, 1.54) is 0 Å². The van der Waals surface area contributed by atoms with Crippen molar-refractivity contribution in [2.45, 2.75) is 0 Å². The zero-order chi connectivity index (χ0) is 66.9. The van der Waals surface area contributed by atoms with Crippen molar-refractivity contribution in [3.63, 3.8) is 0 Å². The lowest BCUT2D eigenvalue weighted by Crippen LogP contribution is -2.10. The molecule has 17 rings (SSSR count). The van der Waals surface area contributed by atoms with E-state index in [1.54, 1.807) is 0 Å². The number of nitrogens with zero attached hydrogens (tertiary/aromatic N) is 8. The summed E-state index contributed by atoms with van der Waals surface area (Å²) in [5, 5.41) is 26.8. The Balaban J connectivity index is 1.01. The van der Waals surface area contributed by atoms with Crippen LogP contribution < -0.4 is 19.6 Å². The molecule has 0 radical (unpaired) electrons. The van der Waals surface area contributed by atoms with Crippen LogP contribution in [0.1, 0.15) is 11.1 Å². The number of rotatable bonds is 16. The van der Waals surface area contributed by atoms with Gasteiger partial charge in [0.25, 0.3) is 0 Å². The molecule has 0 N–H and O–H groups in total. The van der Waals surface area contributed by atoms with Gasteiger partial charge in [-0.15, -0.1) is 0 Å². The summed E-state index contributed by atoms with van der Waals surface area (Å²) >= 11 is 0. The summed E-state index contributed by atoms with van der Waals surface area (Å²) in [6, 6.07) is 137. The molecule has 2 heterocycles. The van der Waals surface area contributed by atoms with E-state index >= 15 is 0 Å². The average molecular weight is 1280 g/mol. The monoisotopic (exact) mass is 1280 g/mol. The highest BCUT2D eigenvalue weighted by Crippen LogP contribution is 2.50. The fourth-order valence-corrected chi connectivity index (χ4v) is 14.5. The van der Waals surface area contributed by atoms with Crippen molar-refractivity contribution in [3.8, 4) is 45.8 Å². The van der Waals surface area contributed by atoms with Gasteiger partial charge in [-0.3, -0.25) is 0 Å². The molecule has 15 aromatic carbocycles. The second-order valence-electron chi connectivity index (χ2n) is 24.7. The molecule has 8 heteroatoms. The van der Waals surface area contributed by atoms with Crippen LogP contribution in [0.2, 0.25) is 0 Å². The summed E-state index contributed by atoms with van der Waals surface area (Å²) < 4.78 is 4.79. The Hall–Kier alpha value is -13.9. The predicted octanol–water partition coefficient (Wildman–Crippen LogP) is 24.8. The quantitative estimate of drug-likeness (QED) is 0.0960. The average Bonchev–Trinajstić information content (AvgIpc) is 1.53. The summed E-state index contributed by atoms with van der Waals surface area (Å²) in [4.78, 5) is 9.26. The van der Waals surface area contributed by atoms with Crippen LogP contribution in [-0.2, 0) is 0 Å². The zero-order valence-corrected chi connectivity index (χ0v) is 54.4. The first kappa shape index (κ1) is 59.8. The highest BCUT2D eigenvalue weighted by atomic mass is 15.2. The molecule has 0 atom stereocenters. The minimum Gasteiger partial charge on any atom is -0.310 e. The maximum atomic E-state index is 11.6. The number of aromatic nitrogens is 2. The Morgan fingerprint density at radius 3 is 0.680 bits per heavy atom. The molecule has 0 aliphatic carbocycles. The molecule has 0 bridgehead atoms. The van der Waals surface area contributed by atoms with E-state index in [0.717, 1.165) is 145 Å².